The van der Waals surface area contributed by atoms with Crippen molar-refractivity contribution in [2.45, 2.75) is 6.42 Å². The Balaban J connectivity index is 1.97. The van der Waals surface area contributed by atoms with E-state index in [4.69, 9.17) is 10.4 Å². The fourth-order valence-electron chi connectivity index (χ4n) is 2.16. The van der Waals surface area contributed by atoms with Gasteiger partial charge < -0.3 is 10.4 Å². The average Bonchev–Trinajstić information content (AvgIpc) is 2.68. The van der Waals surface area contributed by atoms with Crippen molar-refractivity contribution in [2.24, 2.45) is 4.99 Å². The van der Waals surface area contributed by atoms with Gasteiger partial charge in [-0.2, -0.15) is 5.26 Å². The molecule has 0 atom stereocenters. The van der Waals surface area contributed by atoms with E-state index in [9.17, 15) is 14.4 Å². The van der Waals surface area contributed by atoms with Crippen molar-refractivity contribution in [3.63, 3.8) is 0 Å². The van der Waals surface area contributed by atoms with Gasteiger partial charge in [-0.25, -0.2) is 9.79 Å². The molecule has 0 spiro atoms. The lowest BCUT2D eigenvalue weighted by atomic mass is 10.1. The Morgan fingerprint density at radius 3 is 2.21 bits per heavy atom. The molecule has 0 saturated heterocycles. The number of aliphatic imine (C=N–C) groups is 1. The van der Waals surface area contributed by atoms with Crippen molar-refractivity contribution in [1.82, 2.24) is 5.32 Å². The van der Waals surface area contributed by atoms with E-state index in [1.807, 2.05) is 0 Å². The number of rotatable bonds is 6. The number of amidine groups is 1. The molecule has 3 N–H and O–H groups in total. The number of aromatic carboxylic acids is 1. The largest absolute Gasteiger partial charge is 0.478 e. The number of carbonyl (C=O) groups excluding carboxylic acids is 2. The quantitative estimate of drug-likeness (QED) is 0.171. The summed E-state index contributed by atoms with van der Waals surface area (Å²) in [4.78, 5) is 39.3. The van der Waals surface area contributed by atoms with E-state index in [1.54, 1.807) is 36.7 Å². The molecule has 0 radical (unpaired) electrons. The molecule has 2 aromatic carbocycles. The number of Topliss-reactive ketones (excluding diaryl/α,β-unsaturated/α-hetero) is 1. The smallest absolute Gasteiger partial charge is 0.335 e. The highest BCUT2D eigenvalue weighted by Crippen LogP contribution is 2.16. The highest BCUT2D eigenvalue weighted by atomic mass is 32.2. The molecule has 0 unspecified atom stereocenters. The van der Waals surface area contributed by atoms with E-state index in [2.05, 4.69) is 15.6 Å². The molecule has 0 heterocycles. The van der Waals surface area contributed by atoms with Crippen molar-refractivity contribution >= 4 is 46.0 Å². The lowest BCUT2D eigenvalue weighted by Gasteiger charge is -2.06. The summed E-state index contributed by atoms with van der Waals surface area (Å²) in [5, 5.41) is 22.9. The number of anilines is 1. The van der Waals surface area contributed by atoms with Crippen LogP contribution in [0, 0.1) is 11.5 Å². The summed E-state index contributed by atoms with van der Waals surface area (Å²) < 4.78 is 0. The topological polar surface area (TPSA) is 132 Å². The Kier molecular flexibility index (Phi) is 7.30. The minimum Gasteiger partial charge on any atom is -0.478 e. The highest BCUT2D eigenvalue weighted by Gasteiger charge is 2.12. The molecular formula is C19H16N4O4S. The summed E-state index contributed by atoms with van der Waals surface area (Å²) in [5.41, 5.74) is 1.43. The molecule has 2 aromatic rings. The highest BCUT2D eigenvalue weighted by molar-refractivity contribution is 8.13. The van der Waals surface area contributed by atoms with Gasteiger partial charge in [-0.05, 0) is 54.8 Å². The molecule has 0 fully saturated rings. The second-order valence-corrected chi connectivity index (χ2v) is 6.23. The number of carboxylic acid groups (broad SMARTS) is 1. The van der Waals surface area contributed by atoms with Crippen LogP contribution in [0.2, 0.25) is 0 Å². The molecule has 2 rings (SSSR count). The predicted octanol–water partition coefficient (Wildman–Crippen LogP) is 3.02. The molecule has 1 amide bonds. The van der Waals surface area contributed by atoms with E-state index in [0.29, 0.717) is 22.1 Å². The number of carboxylic acids is 1. The monoisotopic (exact) mass is 396 g/mol. The maximum atomic E-state index is 12.2. The number of amides is 1. The molecule has 28 heavy (non-hydrogen) atoms. The van der Waals surface area contributed by atoms with Crippen LogP contribution in [0.25, 0.3) is 0 Å². The summed E-state index contributed by atoms with van der Waals surface area (Å²) in [5.74, 6) is -1.93. The van der Waals surface area contributed by atoms with Gasteiger partial charge in [0.1, 0.15) is 0 Å². The molecule has 0 bridgehead atoms. The first-order valence-electron chi connectivity index (χ1n) is 7.97. The van der Waals surface area contributed by atoms with Crippen LogP contribution in [0.1, 0.15) is 27.1 Å². The summed E-state index contributed by atoms with van der Waals surface area (Å²) in [7, 11) is 0. The molecular weight excluding hydrogens is 380 g/mol. The average molecular weight is 396 g/mol. The van der Waals surface area contributed by atoms with E-state index in [1.165, 1.54) is 36.0 Å². The molecule has 8 nitrogen and oxygen atoms in total. The molecule has 9 heteroatoms. The van der Waals surface area contributed by atoms with Gasteiger partial charge in [-0.3, -0.25) is 14.9 Å². The molecule has 142 valence electrons. The number of nitrogens with one attached hydrogen (secondary N) is 2. The van der Waals surface area contributed by atoms with Gasteiger partial charge in [0, 0.05) is 11.3 Å². The van der Waals surface area contributed by atoms with Crippen LogP contribution in [0.3, 0.4) is 0 Å². The Bertz CT molecular complexity index is 947. The maximum absolute atomic E-state index is 12.2. The second-order valence-electron chi connectivity index (χ2n) is 5.44. The maximum Gasteiger partial charge on any atom is 0.335 e. The van der Waals surface area contributed by atoms with Gasteiger partial charge in [0.25, 0.3) is 0 Å². The Hall–Kier alpha value is -3.64. The van der Waals surface area contributed by atoms with Crippen LogP contribution in [0.15, 0.2) is 53.5 Å². The third-order valence-electron chi connectivity index (χ3n) is 3.51. The molecule has 0 aliphatic heterocycles. The van der Waals surface area contributed by atoms with E-state index >= 15 is 0 Å². The number of hydrogen-bond donors (Lipinski definition) is 3. The zero-order valence-corrected chi connectivity index (χ0v) is 15.6. The van der Waals surface area contributed by atoms with Crippen LogP contribution >= 0.6 is 11.8 Å². The van der Waals surface area contributed by atoms with Crippen LogP contribution in [0.4, 0.5) is 11.4 Å². The number of ketones is 1. The Morgan fingerprint density at radius 2 is 1.68 bits per heavy atom. The lowest BCUT2D eigenvalue weighted by Crippen LogP contribution is -2.16. The zero-order valence-electron chi connectivity index (χ0n) is 14.8. The first kappa shape index (κ1) is 20.7. The molecule has 0 saturated carbocycles. The van der Waals surface area contributed by atoms with Crippen molar-refractivity contribution in [1.29, 1.82) is 5.26 Å². The summed E-state index contributed by atoms with van der Waals surface area (Å²) in [6.07, 6.45) is 3.21. The van der Waals surface area contributed by atoms with Gasteiger partial charge in [0.15, 0.2) is 17.1 Å². The van der Waals surface area contributed by atoms with Crippen LogP contribution in [-0.2, 0) is 4.79 Å². The molecule has 0 aromatic heterocycles. The fourth-order valence-corrected chi connectivity index (χ4v) is 2.51. The summed E-state index contributed by atoms with van der Waals surface area (Å²) in [6.45, 7) is 0. The SMILES string of the molecule is CSC(=Nc1ccc(C(=O)CC(=O)Nc2ccc(C(=O)O)cc2)cc1)NC#N. The number of nitriles is 1. The van der Waals surface area contributed by atoms with E-state index in [-0.39, 0.29) is 17.8 Å². The van der Waals surface area contributed by atoms with Crippen LogP contribution in [-0.4, -0.2) is 34.2 Å². The summed E-state index contributed by atoms with van der Waals surface area (Å²) in [6, 6.07) is 12.0. The van der Waals surface area contributed by atoms with E-state index in [0.717, 1.165) is 0 Å². The van der Waals surface area contributed by atoms with Gasteiger partial charge >= 0.3 is 5.97 Å². The van der Waals surface area contributed by atoms with Crippen molar-refractivity contribution < 1.29 is 19.5 Å². The third-order valence-corrected chi connectivity index (χ3v) is 4.09. The van der Waals surface area contributed by atoms with Crippen molar-refractivity contribution in [2.75, 3.05) is 11.6 Å². The zero-order chi connectivity index (χ0) is 20.5. The lowest BCUT2D eigenvalue weighted by molar-refractivity contribution is -0.115. The number of thioether (sulfide) groups is 1. The van der Waals surface area contributed by atoms with Gasteiger partial charge in [-0.1, -0.05) is 11.8 Å². The Labute approximate surface area is 165 Å². The first-order valence-corrected chi connectivity index (χ1v) is 9.19. The normalized spacial score (nSPS) is 10.6. The predicted molar refractivity (Wildman–Crippen MR) is 107 cm³/mol. The van der Waals surface area contributed by atoms with Crippen molar-refractivity contribution in [3.8, 4) is 6.19 Å². The fraction of sp³-hybridized carbons (Fsp3) is 0.105. The Morgan fingerprint density at radius 1 is 1.07 bits per heavy atom. The minimum absolute atomic E-state index is 0.103. The number of benzene rings is 2. The minimum atomic E-state index is -1.06. The first-order chi connectivity index (χ1) is 13.4. The third kappa shape index (κ3) is 5.96. The van der Waals surface area contributed by atoms with Crippen LogP contribution < -0.4 is 10.6 Å². The number of carbonyl (C=O) groups is 3. The summed E-state index contributed by atoms with van der Waals surface area (Å²) >= 11 is 1.28. The number of hydrogen-bond acceptors (Lipinski definition) is 6. The van der Waals surface area contributed by atoms with Gasteiger partial charge in [0.2, 0.25) is 5.91 Å². The molecule has 0 aliphatic rings. The molecule has 0 aliphatic carbocycles. The van der Waals surface area contributed by atoms with Gasteiger partial charge in [0.05, 0.1) is 17.7 Å². The van der Waals surface area contributed by atoms with Crippen molar-refractivity contribution in [3.05, 3.63) is 59.7 Å². The van der Waals surface area contributed by atoms with Crippen LogP contribution in [0.5, 0.6) is 0 Å². The van der Waals surface area contributed by atoms with Gasteiger partial charge in [-0.15, -0.1) is 0 Å². The second kappa shape index (κ2) is 9.89. The number of nitrogens with zero attached hydrogens (tertiary/aromatic N) is 2. The standard InChI is InChI=1S/C19H16N4O4S/c1-28-19(21-11-20)23-15-6-2-12(3-7-15)16(24)10-17(25)22-14-8-4-13(5-9-14)18(26)27/h2-9H,10H2,1H3,(H,21,23)(H,22,25)(H,26,27). The van der Waals surface area contributed by atoms with E-state index < -0.39 is 11.9 Å².